The van der Waals surface area contributed by atoms with E-state index in [0.717, 1.165) is 18.7 Å². The second-order valence-corrected chi connectivity index (χ2v) is 6.81. The Kier molecular flexibility index (Phi) is 3.46. The molecular formula is C13H23NOS. The maximum Gasteiger partial charge on any atom is 0.0697 e. The van der Waals surface area contributed by atoms with E-state index in [4.69, 9.17) is 4.74 Å². The van der Waals surface area contributed by atoms with Crippen LogP contribution in [0.2, 0.25) is 0 Å². The standard InChI is InChI=1S/C13H23NOS/c1-3-12(10-16-8-1)14-11-4-7-15-13(9-11)5-2-6-13/h11-12,14H,1-10H2. The van der Waals surface area contributed by atoms with Crippen molar-refractivity contribution in [2.75, 3.05) is 18.1 Å². The van der Waals surface area contributed by atoms with E-state index in [-0.39, 0.29) is 0 Å². The number of hydrogen-bond donors (Lipinski definition) is 1. The molecular weight excluding hydrogens is 218 g/mol. The molecule has 1 saturated carbocycles. The summed E-state index contributed by atoms with van der Waals surface area (Å²) in [4.78, 5) is 0. The van der Waals surface area contributed by atoms with E-state index < -0.39 is 0 Å². The first-order valence-corrected chi connectivity index (χ1v) is 8.00. The quantitative estimate of drug-likeness (QED) is 0.803. The second-order valence-electron chi connectivity index (χ2n) is 5.66. The third-order valence-corrected chi connectivity index (χ3v) is 5.60. The van der Waals surface area contributed by atoms with Crippen LogP contribution in [0.25, 0.3) is 0 Å². The summed E-state index contributed by atoms with van der Waals surface area (Å²) < 4.78 is 5.98. The number of rotatable bonds is 2. The molecule has 2 atom stereocenters. The van der Waals surface area contributed by atoms with Gasteiger partial charge in [0.15, 0.2) is 0 Å². The first-order valence-electron chi connectivity index (χ1n) is 6.84. The smallest absolute Gasteiger partial charge is 0.0697 e. The second kappa shape index (κ2) is 4.87. The molecule has 3 fully saturated rings. The summed E-state index contributed by atoms with van der Waals surface area (Å²) in [6.45, 7) is 0.984. The summed E-state index contributed by atoms with van der Waals surface area (Å²) in [5.74, 6) is 2.69. The van der Waals surface area contributed by atoms with Crippen molar-refractivity contribution in [1.29, 1.82) is 0 Å². The van der Waals surface area contributed by atoms with Crippen LogP contribution in [-0.2, 0) is 4.74 Å². The van der Waals surface area contributed by atoms with Crippen molar-refractivity contribution >= 4 is 11.8 Å². The first kappa shape index (κ1) is 11.4. The van der Waals surface area contributed by atoms with Crippen molar-refractivity contribution in [3.8, 4) is 0 Å². The predicted octanol–water partition coefficient (Wildman–Crippen LogP) is 2.57. The van der Waals surface area contributed by atoms with E-state index >= 15 is 0 Å². The van der Waals surface area contributed by atoms with Gasteiger partial charge >= 0.3 is 0 Å². The maximum atomic E-state index is 5.98. The summed E-state index contributed by atoms with van der Waals surface area (Å²) in [5, 5.41) is 3.88. The van der Waals surface area contributed by atoms with Crippen LogP contribution in [0.3, 0.4) is 0 Å². The van der Waals surface area contributed by atoms with Crippen LogP contribution in [-0.4, -0.2) is 35.8 Å². The predicted molar refractivity (Wildman–Crippen MR) is 69.0 cm³/mol. The molecule has 2 heterocycles. The first-order chi connectivity index (χ1) is 7.86. The Labute approximate surface area is 103 Å². The summed E-state index contributed by atoms with van der Waals surface area (Å²) in [7, 11) is 0. The highest BCUT2D eigenvalue weighted by Crippen LogP contribution is 2.42. The van der Waals surface area contributed by atoms with Gasteiger partial charge in [-0.3, -0.25) is 0 Å². The molecule has 1 spiro atoms. The van der Waals surface area contributed by atoms with E-state index in [1.807, 2.05) is 0 Å². The summed E-state index contributed by atoms with van der Waals surface area (Å²) in [6, 6.07) is 1.51. The minimum Gasteiger partial charge on any atom is -0.375 e. The average Bonchev–Trinajstić information content (AvgIpc) is 2.29. The van der Waals surface area contributed by atoms with Gasteiger partial charge < -0.3 is 10.1 Å². The summed E-state index contributed by atoms with van der Waals surface area (Å²) in [6.07, 6.45) is 9.28. The highest BCUT2D eigenvalue weighted by atomic mass is 32.2. The molecule has 1 aliphatic carbocycles. The molecule has 3 rings (SSSR count). The van der Waals surface area contributed by atoms with Gasteiger partial charge in [0.1, 0.15) is 0 Å². The van der Waals surface area contributed by atoms with Crippen LogP contribution in [0.15, 0.2) is 0 Å². The number of ether oxygens (including phenoxy) is 1. The zero-order valence-electron chi connectivity index (χ0n) is 10.0. The van der Waals surface area contributed by atoms with Gasteiger partial charge in [0.2, 0.25) is 0 Å². The fourth-order valence-electron chi connectivity index (χ4n) is 3.30. The molecule has 0 radical (unpaired) electrons. The maximum absolute atomic E-state index is 5.98. The SMILES string of the molecule is C1CSCC(NC2CCOC3(CCC3)C2)C1. The van der Waals surface area contributed by atoms with Crippen molar-refractivity contribution in [3.63, 3.8) is 0 Å². The van der Waals surface area contributed by atoms with Gasteiger partial charge in [-0.1, -0.05) is 0 Å². The zero-order valence-corrected chi connectivity index (χ0v) is 10.9. The Morgan fingerprint density at radius 1 is 1.12 bits per heavy atom. The minimum absolute atomic E-state index is 0.303. The lowest BCUT2D eigenvalue weighted by Gasteiger charge is -2.48. The van der Waals surface area contributed by atoms with Gasteiger partial charge in [-0.25, -0.2) is 0 Å². The Morgan fingerprint density at radius 3 is 2.75 bits per heavy atom. The number of thioether (sulfide) groups is 1. The van der Waals surface area contributed by atoms with Gasteiger partial charge in [0.05, 0.1) is 5.60 Å². The van der Waals surface area contributed by atoms with Crippen molar-refractivity contribution in [2.45, 2.75) is 62.6 Å². The van der Waals surface area contributed by atoms with Crippen LogP contribution < -0.4 is 5.32 Å². The van der Waals surface area contributed by atoms with Crippen LogP contribution in [0, 0.1) is 0 Å². The van der Waals surface area contributed by atoms with Gasteiger partial charge in [0, 0.05) is 24.4 Å². The van der Waals surface area contributed by atoms with E-state index in [2.05, 4.69) is 17.1 Å². The van der Waals surface area contributed by atoms with Crippen molar-refractivity contribution in [2.24, 2.45) is 0 Å². The van der Waals surface area contributed by atoms with Gasteiger partial charge in [-0.15, -0.1) is 0 Å². The Hall–Kier alpha value is 0.270. The molecule has 0 bridgehead atoms. The molecule has 0 aromatic rings. The lowest BCUT2D eigenvalue weighted by molar-refractivity contribution is -0.136. The van der Waals surface area contributed by atoms with Crippen molar-refractivity contribution in [1.82, 2.24) is 5.32 Å². The van der Waals surface area contributed by atoms with Crippen LogP contribution in [0.5, 0.6) is 0 Å². The molecule has 1 N–H and O–H groups in total. The molecule has 92 valence electrons. The van der Waals surface area contributed by atoms with Crippen LogP contribution in [0.4, 0.5) is 0 Å². The minimum atomic E-state index is 0.303. The topological polar surface area (TPSA) is 21.3 Å². The van der Waals surface area contributed by atoms with E-state index in [0.29, 0.717) is 5.60 Å². The van der Waals surface area contributed by atoms with E-state index in [9.17, 15) is 0 Å². The highest BCUT2D eigenvalue weighted by Gasteiger charge is 2.42. The zero-order chi connectivity index (χ0) is 10.8. The molecule has 0 amide bonds. The third kappa shape index (κ3) is 2.41. The molecule has 2 unspecified atom stereocenters. The van der Waals surface area contributed by atoms with Crippen LogP contribution in [0.1, 0.15) is 44.9 Å². The Morgan fingerprint density at radius 2 is 2.06 bits per heavy atom. The van der Waals surface area contributed by atoms with E-state index in [1.54, 1.807) is 0 Å². The lowest BCUT2D eigenvalue weighted by Crippen LogP contribution is -2.53. The number of nitrogens with one attached hydrogen (secondary N) is 1. The molecule has 0 aromatic heterocycles. The average molecular weight is 241 g/mol. The Balaban J connectivity index is 1.50. The molecule has 3 heteroatoms. The number of hydrogen-bond acceptors (Lipinski definition) is 3. The highest BCUT2D eigenvalue weighted by molar-refractivity contribution is 7.99. The Bertz CT molecular complexity index is 236. The fraction of sp³-hybridized carbons (Fsp3) is 1.00. The largest absolute Gasteiger partial charge is 0.375 e. The molecule has 3 aliphatic rings. The van der Waals surface area contributed by atoms with Crippen molar-refractivity contribution in [3.05, 3.63) is 0 Å². The normalized spacial score (nSPS) is 38.2. The van der Waals surface area contributed by atoms with E-state index in [1.165, 1.54) is 56.5 Å². The monoisotopic (exact) mass is 241 g/mol. The van der Waals surface area contributed by atoms with Gasteiger partial charge in [0.25, 0.3) is 0 Å². The van der Waals surface area contributed by atoms with Crippen LogP contribution >= 0.6 is 11.8 Å². The molecule has 2 saturated heterocycles. The summed E-state index contributed by atoms with van der Waals surface area (Å²) in [5.41, 5.74) is 0.303. The fourth-order valence-corrected chi connectivity index (χ4v) is 4.38. The summed E-state index contributed by atoms with van der Waals surface area (Å²) >= 11 is 2.12. The van der Waals surface area contributed by atoms with Gasteiger partial charge in [-0.05, 0) is 50.7 Å². The van der Waals surface area contributed by atoms with Crippen molar-refractivity contribution < 1.29 is 4.74 Å². The third-order valence-electron chi connectivity index (χ3n) is 4.39. The van der Waals surface area contributed by atoms with Gasteiger partial charge in [-0.2, -0.15) is 11.8 Å². The lowest BCUT2D eigenvalue weighted by atomic mass is 9.74. The molecule has 2 aliphatic heterocycles. The molecule has 0 aromatic carbocycles. The molecule has 2 nitrogen and oxygen atoms in total. The molecule has 16 heavy (non-hydrogen) atoms.